The highest BCUT2D eigenvalue weighted by molar-refractivity contribution is 8.14. The lowest BCUT2D eigenvalue weighted by atomic mass is 9.97. The molecule has 0 unspecified atom stereocenters. The normalized spacial score (nSPS) is 22.0. The van der Waals surface area contributed by atoms with E-state index in [1.165, 1.54) is 11.3 Å². The van der Waals surface area contributed by atoms with Crippen LogP contribution in [-0.4, -0.2) is 47.3 Å². The van der Waals surface area contributed by atoms with Crippen molar-refractivity contribution in [3.05, 3.63) is 22.4 Å². The molecule has 1 fully saturated rings. The summed E-state index contributed by atoms with van der Waals surface area (Å²) in [6.07, 6.45) is 1.70. The Morgan fingerprint density at radius 1 is 1.43 bits per heavy atom. The molecule has 0 bridgehead atoms. The molecule has 2 aliphatic rings. The first-order valence-corrected chi connectivity index (χ1v) is 8.91. The van der Waals surface area contributed by atoms with E-state index in [-0.39, 0.29) is 17.7 Å². The molecule has 3 heterocycles. The molecule has 0 saturated carbocycles. The zero-order valence-corrected chi connectivity index (χ0v) is 13.2. The molecule has 3 rings (SSSR count). The molecule has 7 heteroatoms. The second-order valence-corrected chi connectivity index (χ2v) is 7.12. The Hall–Kier alpha value is -1.34. The summed E-state index contributed by atoms with van der Waals surface area (Å²) in [7, 11) is 0. The lowest BCUT2D eigenvalue weighted by Crippen LogP contribution is -2.46. The summed E-state index contributed by atoms with van der Waals surface area (Å²) in [6, 6.07) is 3.71. The molecule has 21 heavy (non-hydrogen) atoms. The summed E-state index contributed by atoms with van der Waals surface area (Å²) in [5.74, 6) is 0.831. The largest absolute Gasteiger partial charge is 0.337 e. The highest BCUT2D eigenvalue weighted by Gasteiger charge is 2.30. The summed E-state index contributed by atoms with van der Waals surface area (Å²) < 4.78 is 0. The van der Waals surface area contributed by atoms with Crippen molar-refractivity contribution >= 4 is 40.1 Å². The van der Waals surface area contributed by atoms with Gasteiger partial charge in [-0.3, -0.25) is 14.6 Å². The van der Waals surface area contributed by atoms with Crippen LogP contribution in [0.2, 0.25) is 0 Å². The van der Waals surface area contributed by atoms with Crippen LogP contribution in [0.25, 0.3) is 0 Å². The number of rotatable bonds is 2. The van der Waals surface area contributed by atoms with Crippen molar-refractivity contribution in [1.82, 2.24) is 10.2 Å². The summed E-state index contributed by atoms with van der Waals surface area (Å²) in [5.41, 5.74) is 0. The number of nitrogens with zero attached hydrogens (tertiary/aromatic N) is 2. The van der Waals surface area contributed by atoms with Crippen molar-refractivity contribution in [2.24, 2.45) is 10.9 Å². The van der Waals surface area contributed by atoms with E-state index < -0.39 is 0 Å². The third-order valence-electron chi connectivity index (χ3n) is 3.63. The van der Waals surface area contributed by atoms with E-state index in [0.29, 0.717) is 6.54 Å². The number of carbonyl (C=O) groups excluding carboxylic acids is 2. The van der Waals surface area contributed by atoms with Gasteiger partial charge in [0.15, 0.2) is 5.17 Å². The predicted molar refractivity (Wildman–Crippen MR) is 85.8 cm³/mol. The van der Waals surface area contributed by atoms with Crippen LogP contribution in [0.5, 0.6) is 0 Å². The predicted octanol–water partition coefficient (Wildman–Crippen LogP) is 1.82. The topological polar surface area (TPSA) is 61.8 Å². The van der Waals surface area contributed by atoms with Crippen LogP contribution >= 0.6 is 23.1 Å². The zero-order valence-electron chi connectivity index (χ0n) is 11.6. The van der Waals surface area contributed by atoms with Gasteiger partial charge in [-0.05, 0) is 24.3 Å². The van der Waals surface area contributed by atoms with Crippen molar-refractivity contribution in [2.75, 3.05) is 25.4 Å². The summed E-state index contributed by atoms with van der Waals surface area (Å²) in [6.45, 7) is 2.00. The van der Waals surface area contributed by atoms with Crippen molar-refractivity contribution < 1.29 is 9.59 Å². The maximum atomic E-state index is 12.4. The van der Waals surface area contributed by atoms with Crippen molar-refractivity contribution in [3.8, 4) is 0 Å². The van der Waals surface area contributed by atoms with E-state index in [1.807, 2.05) is 17.5 Å². The Balaban J connectivity index is 1.60. The van der Waals surface area contributed by atoms with Crippen LogP contribution < -0.4 is 5.32 Å². The Morgan fingerprint density at radius 2 is 2.33 bits per heavy atom. The quantitative estimate of drug-likeness (QED) is 0.903. The molecular formula is C14H17N3O2S2. The van der Waals surface area contributed by atoms with E-state index in [9.17, 15) is 9.59 Å². The van der Waals surface area contributed by atoms with Crippen LogP contribution in [0.4, 0.5) is 0 Å². The minimum Gasteiger partial charge on any atom is -0.337 e. The fraction of sp³-hybridized carbons (Fsp3) is 0.500. The second-order valence-electron chi connectivity index (χ2n) is 5.09. The van der Waals surface area contributed by atoms with Crippen molar-refractivity contribution in [3.63, 3.8) is 0 Å². The smallest absolute Gasteiger partial charge is 0.263 e. The van der Waals surface area contributed by atoms with Crippen LogP contribution in [0, 0.1) is 5.92 Å². The third-order valence-corrected chi connectivity index (χ3v) is 5.38. The lowest BCUT2D eigenvalue weighted by Gasteiger charge is -2.31. The van der Waals surface area contributed by atoms with E-state index in [1.54, 1.807) is 16.7 Å². The van der Waals surface area contributed by atoms with E-state index in [0.717, 1.165) is 41.7 Å². The molecule has 1 saturated heterocycles. The number of likely N-dealkylation sites (tertiary alicyclic amines) is 1. The van der Waals surface area contributed by atoms with Crippen molar-refractivity contribution in [1.29, 1.82) is 0 Å². The van der Waals surface area contributed by atoms with Crippen molar-refractivity contribution in [2.45, 2.75) is 12.8 Å². The van der Waals surface area contributed by atoms with Crippen LogP contribution in [0.3, 0.4) is 0 Å². The van der Waals surface area contributed by atoms with E-state index in [2.05, 4.69) is 10.3 Å². The number of hydrogen-bond acceptors (Lipinski definition) is 5. The molecule has 1 atom stereocenters. The summed E-state index contributed by atoms with van der Waals surface area (Å²) in [5, 5.41) is 5.50. The number of amides is 2. The Kier molecular flexibility index (Phi) is 4.60. The first-order valence-electron chi connectivity index (χ1n) is 7.05. The highest BCUT2D eigenvalue weighted by Crippen LogP contribution is 2.21. The molecule has 1 aromatic heterocycles. The Morgan fingerprint density at radius 3 is 3.05 bits per heavy atom. The first kappa shape index (κ1) is 14.6. The van der Waals surface area contributed by atoms with Gasteiger partial charge in [0.2, 0.25) is 5.91 Å². The number of aliphatic imine (C=N–C) groups is 1. The number of thiophene rings is 1. The molecular weight excluding hydrogens is 306 g/mol. The fourth-order valence-electron chi connectivity index (χ4n) is 2.55. The highest BCUT2D eigenvalue weighted by atomic mass is 32.2. The Bertz CT molecular complexity index is 557. The van der Waals surface area contributed by atoms with Gasteiger partial charge >= 0.3 is 0 Å². The lowest BCUT2D eigenvalue weighted by molar-refractivity contribution is -0.124. The molecule has 1 aromatic rings. The van der Waals surface area contributed by atoms with Gasteiger partial charge in [-0.25, -0.2) is 0 Å². The molecule has 1 N–H and O–H groups in total. The van der Waals surface area contributed by atoms with Gasteiger partial charge in [-0.2, -0.15) is 0 Å². The van der Waals surface area contributed by atoms with Gasteiger partial charge < -0.3 is 10.2 Å². The summed E-state index contributed by atoms with van der Waals surface area (Å²) in [4.78, 5) is 31.4. The first-order chi connectivity index (χ1) is 10.2. The molecule has 2 aliphatic heterocycles. The fourth-order valence-corrected chi connectivity index (χ4v) is 3.97. The number of piperidine rings is 1. The van der Waals surface area contributed by atoms with Gasteiger partial charge in [-0.15, -0.1) is 11.3 Å². The summed E-state index contributed by atoms with van der Waals surface area (Å²) >= 11 is 3.03. The molecule has 2 amide bonds. The molecule has 0 spiro atoms. The third kappa shape index (κ3) is 3.47. The van der Waals surface area contributed by atoms with Gasteiger partial charge in [-0.1, -0.05) is 17.8 Å². The monoisotopic (exact) mass is 323 g/mol. The number of carbonyl (C=O) groups is 2. The maximum Gasteiger partial charge on any atom is 0.263 e. The SMILES string of the molecule is O=C(NC1=NCCS1)[C@H]1CCCN(C(=O)c2cccs2)C1. The number of hydrogen-bond donors (Lipinski definition) is 1. The number of thioether (sulfide) groups is 1. The van der Waals surface area contributed by atoms with Gasteiger partial charge in [0.25, 0.3) is 5.91 Å². The zero-order chi connectivity index (χ0) is 14.7. The van der Waals surface area contributed by atoms with Crippen LogP contribution in [0.15, 0.2) is 22.5 Å². The van der Waals surface area contributed by atoms with Gasteiger partial charge in [0, 0.05) is 18.8 Å². The minimum absolute atomic E-state index is 0.00757. The Labute approximate surface area is 131 Å². The minimum atomic E-state index is -0.133. The molecule has 0 aromatic carbocycles. The van der Waals surface area contributed by atoms with Crippen LogP contribution in [0.1, 0.15) is 22.5 Å². The van der Waals surface area contributed by atoms with Gasteiger partial charge in [0.05, 0.1) is 17.3 Å². The van der Waals surface area contributed by atoms with E-state index in [4.69, 9.17) is 0 Å². The standard InChI is InChI=1S/C14H17N3O2S2/c18-12(16-14-15-5-8-21-14)10-3-1-6-17(9-10)13(19)11-4-2-7-20-11/h2,4,7,10H,1,3,5-6,8-9H2,(H,15,16,18)/t10-/m0/s1. The average Bonchev–Trinajstić information content (AvgIpc) is 3.20. The molecule has 0 radical (unpaired) electrons. The van der Waals surface area contributed by atoms with Crippen LogP contribution in [-0.2, 0) is 4.79 Å². The second kappa shape index (κ2) is 6.62. The number of amidine groups is 1. The van der Waals surface area contributed by atoms with E-state index >= 15 is 0 Å². The molecule has 5 nitrogen and oxygen atoms in total. The average molecular weight is 323 g/mol. The molecule has 112 valence electrons. The molecule has 0 aliphatic carbocycles. The maximum absolute atomic E-state index is 12.4. The van der Waals surface area contributed by atoms with Gasteiger partial charge in [0.1, 0.15) is 0 Å². The number of nitrogens with one attached hydrogen (secondary N) is 1.